The molecular weight excluding hydrogens is 498 g/mol. The summed E-state index contributed by atoms with van der Waals surface area (Å²) in [5.74, 6) is 0.861. The lowest BCUT2D eigenvalue weighted by Gasteiger charge is -2.32. The summed E-state index contributed by atoms with van der Waals surface area (Å²) in [6, 6.07) is 21.4. The number of hydrogen-bond acceptors (Lipinski definition) is 4. The first-order chi connectivity index (χ1) is 18.4. The molecule has 1 aromatic heterocycles. The lowest BCUT2D eigenvalue weighted by Crippen LogP contribution is -2.34. The van der Waals surface area contributed by atoms with Gasteiger partial charge in [-0.3, -0.25) is 9.59 Å². The number of halogens is 1. The highest BCUT2D eigenvalue weighted by Crippen LogP contribution is 2.30. The summed E-state index contributed by atoms with van der Waals surface area (Å²) in [6.45, 7) is 5.44. The van der Waals surface area contributed by atoms with Crippen LogP contribution in [0.5, 0.6) is 0 Å². The minimum absolute atomic E-state index is 0.0461. The Kier molecular flexibility index (Phi) is 7.77. The van der Waals surface area contributed by atoms with Gasteiger partial charge in [0.05, 0.1) is 11.0 Å². The van der Waals surface area contributed by atoms with Gasteiger partial charge in [-0.05, 0) is 105 Å². The number of rotatable bonds is 8. The van der Waals surface area contributed by atoms with Gasteiger partial charge in [-0.15, -0.1) is 0 Å². The van der Waals surface area contributed by atoms with E-state index in [0.29, 0.717) is 16.5 Å². The zero-order valence-corrected chi connectivity index (χ0v) is 22.2. The molecule has 0 bridgehead atoms. The summed E-state index contributed by atoms with van der Waals surface area (Å²) in [5.41, 5.74) is 10.8. The average Bonchev–Trinajstić information content (AvgIpc) is 3.27. The molecule has 0 spiro atoms. The van der Waals surface area contributed by atoms with Crippen molar-refractivity contribution in [2.24, 2.45) is 5.73 Å². The Morgan fingerprint density at radius 2 is 1.79 bits per heavy atom. The monoisotopic (exact) mass is 529 g/mol. The lowest BCUT2D eigenvalue weighted by molar-refractivity contribution is -0.114. The number of nitrogens with zero attached hydrogens (tertiary/aromatic N) is 3. The van der Waals surface area contributed by atoms with E-state index in [9.17, 15) is 9.59 Å². The quantitative estimate of drug-likeness (QED) is 0.307. The van der Waals surface area contributed by atoms with Crippen molar-refractivity contribution in [1.29, 1.82) is 0 Å². The van der Waals surface area contributed by atoms with Crippen molar-refractivity contribution in [2.75, 3.05) is 25.0 Å². The molecule has 3 aromatic carbocycles. The first kappa shape index (κ1) is 25.9. The number of anilines is 1. The molecular formula is C30H32ClN5O2. The van der Waals surface area contributed by atoms with Crippen LogP contribution in [0.3, 0.4) is 0 Å². The molecule has 2 heterocycles. The van der Waals surface area contributed by atoms with Crippen molar-refractivity contribution >= 4 is 40.1 Å². The first-order valence-electron chi connectivity index (χ1n) is 13.0. The number of likely N-dealkylation sites (tertiary alicyclic amines) is 1. The van der Waals surface area contributed by atoms with E-state index < -0.39 is 5.91 Å². The van der Waals surface area contributed by atoms with Crippen molar-refractivity contribution in [1.82, 2.24) is 14.5 Å². The van der Waals surface area contributed by atoms with Crippen molar-refractivity contribution in [2.45, 2.75) is 38.6 Å². The van der Waals surface area contributed by atoms with Gasteiger partial charge >= 0.3 is 0 Å². The van der Waals surface area contributed by atoms with Gasteiger partial charge in [0.25, 0.3) is 0 Å². The van der Waals surface area contributed by atoms with Crippen LogP contribution in [0.25, 0.3) is 22.4 Å². The molecule has 0 radical (unpaired) electrons. The number of aromatic nitrogens is 2. The zero-order chi connectivity index (χ0) is 26.6. The summed E-state index contributed by atoms with van der Waals surface area (Å²) >= 11 is 6.12. The Hall–Kier alpha value is -3.68. The molecule has 2 amide bonds. The summed E-state index contributed by atoms with van der Waals surface area (Å²) in [5, 5.41) is 3.57. The Balaban J connectivity index is 1.25. The molecule has 1 aliphatic rings. The van der Waals surface area contributed by atoms with Crippen molar-refractivity contribution < 1.29 is 9.59 Å². The van der Waals surface area contributed by atoms with Gasteiger partial charge in [0.15, 0.2) is 0 Å². The fourth-order valence-corrected chi connectivity index (χ4v) is 5.47. The van der Waals surface area contributed by atoms with E-state index >= 15 is 0 Å². The van der Waals surface area contributed by atoms with Crippen molar-refractivity contribution in [3.63, 3.8) is 0 Å². The largest absolute Gasteiger partial charge is 0.366 e. The number of nitrogens with one attached hydrogen (secondary N) is 1. The third-order valence-corrected chi connectivity index (χ3v) is 7.51. The van der Waals surface area contributed by atoms with Crippen LogP contribution in [0.2, 0.25) is 5.02 Å². The Morgan fingerprint density at radius 3 is 2.50 bits per heavy atom. The van der Waals surface area contributed by atoms with Crippen LogP contribution in [0.15, 0.2) is 66.7 Å². The highest BCUT2D eigenvalue weighted by Gasteiger charge is 2.21. The number of fused-ring (bicyclic) bond motifs is 1. The highest BCUT2D eigenvalue weighted by atomic mass is 35.5. The molecule has 0 saturated carbocycles. The van der Waals surface area contributed by atoms with E-state index in [0.717, 1.165) is 73.6 Å². The number of carbonyl (C=O) groups excluding carboxylic acids is 2. The third-order valence-electron chi connectivity index (χ3n) is 7.26. The number of hydrogen-bond donors (Lipinski definition) is 2. The summed E-state index contributed by atoms with van der Waals surface area (Å²) < 4.78 is 2.23. The van der Waals surface area contributed by atoms with Gasteiger partial charge in [-0.25, -0.2) is 4.98 Å². The molecule has 5 rings (SSSR count). The topological polar surface area (TPSA) is 93.2 Å². The number of amides is 2. The third kappa shape index (κ3) is 5.90. The van der Waals surface area contributed by atoms with Crippen molar-refractivity contribution in [3.8, 4) is 11.4 Å². The smallest absolute Gasteiger partial charge is 0.248 e. The molecule has 1 fully saturated rings. The standard InChI is InChI=1S/C30H32ClN5O2/c1-20(37)33-26-5-2-4-23(18-26)21-12-16-35(17-13-21)14-3-15-36-28-11-8-24(29(32)38)19-27(28)34-30(36)22-6-9-25(31)10-7-22/h2,4-11,18-19,21H,3,12-17H2,1H3,(H2,32,38)(H,33,37). The van der Waals surface area contributed by atoms with Gasteiger partial charge in [0, 0.05) is 35.3 Å². The molecule has 8 heteroatoms. The number of benzene rings is 3. The molecule has 0 aliphatic carbocycles. The molecule has 196 valence electrons. The normalized spacial score (nSPS) is 14.6. The number of imidazole rings is 1. The number of carbonyl (C=O) groups is 2. The molecule has 7 nitrogen and oxygen atoms in total. The second-order valence-corrected chi connectivity index (χ2v) is 10.4. The van der Waals surface area contributed by atoms with E-state index in [-0.39, 0.29) is 5.91 Å². The van der Waals surface area contributed by atoms with Crippen LogP contribution in [0, 0.1) is 0 Å². The van der Waals surface area contributed by atoms with E-state index in [1.54, 1.807) is 12.1 Å². The molecule has 3 N–H and O–H groups in total. The lowest BCUT2D eigenvalue weighted by atomic mass is 9.89. The fraction of sp³-hybridized carbons (Fsp3) is 0.300. The molecule has 4 aromatic rings. The number of primary amides is 1. The number of nitrogens with two attached hydrogens (primary N) is 1. The maximum atomic E-state index is 11.7. The van der Waals surface area contributed by atoms with Gasteiger partial charge < -0.3 is 20.5 Å². The van der Waals surface area contributed by atoms with Crippen molar-refractivity contribution in [3.05, 3.63) is 82.9 Å². The van der Waals surface area contributed by atoms with E-state index in [1.165, 1.54) is 12.5 Å². The van der Waals surface area contributed by atoms with Gasteiger partial charge in [-0.2, -0.15) is 0 Å². The average molecular weight is 530 g/mol. The fourth-order valence-electron chi connectivity index (χ4n) is 5.34. The second kappa shape index (κ2) is 11.4. The Labute approximate surface area is 227 Å². The van der Waals surface area contributed by atoms with Gasteiger partial charge in [0.1, 0.15) is 5.82 Å². The minimum atomic E-state index is -0.459. The molecule has 1 aliphatic heterocycles. The number of piperidine rings is 1. The summed E-state index contributed by atoms with van der Waals surface area (Å²) in [4.78, 5) is 30.5. The summed E-state index contributed by atoms with van der Waals surface area (Å²) in [7, 11) is 0. The van der Waals surface area contributed by atoms with Crippen LogP contribution in [-0.4, -0.2) is 45.9 Å². The minimum Gasteiger partial charge on any atom is -0.366 e. The Morgan fingerprint density at radius 1 is 1.03 bits per heavy atom. The van der Waals surface area contributed by atoms with Crippen LogP contribution in [0.1, 0.15) is 48.0 Å². The predicted octanol–water partition coefficient (Wildman–Crippen LogP) is 5.68. The Bertz CT molecular complexity index is 1460. The molecule has 0 atom stereocenters. The maximum absolute atomic E-state index is 11.7. The van der Waals surface area contributed by atoms with E-state index in [4.69, 9.17) is 22.3 Å². The van der Waals surface area contributed by atoms with Crippen LogP contribution in [0.4, 0.5) is 5.69 Å². The number of aryl methyl sites for hydroxylation is 1. The first-order valence-corrected chi connectivity index (χ1v) is 13.4. The van der Waals surface area contributed by atoms with Crippen LogP contribution in [-0.2, 0) is 11.3 Å². The van der Waals surface area contributed by atoms with Gasteiger partial charge in [-0.1, -0.05) is 23.7 Å². The van der Waals surface area contributed by atoms with Crippen LogP contribution < -0.4 is 11.1 Å². The van der Waals surface area contributed by atoms with Crippen LogP contribution >= 0.6 is 11.6 Å². The molecule has 0 unspecified atom stereocenters. The van der Waals surface area contributed by atoms with E-state index in [1.807, 2.05) is 42.5 Å². The maximum Gasteiger partial charge on any atom is 0.248 e. The summed E-state index contributed by atoms with van der Waals surface area (Å²) in [6.07, 6.45) is 3.18. The second-order valence-electron chi connectivity index (χ2n) is 9.94. The van der Waals surface area contributed by atoms with Gasteiger partial charge in [0.2, 0.25) is 11.8 Å². The molecule has 1 saturated heterocycles. The predicted molar refractivity (Wildman–Crippen MR) is 152 cm³/mol. The zero-order valence-electron chi connectivity index (χ0n) is 21.5. The highest BCUT2D eigenvalue weighted by molar-refractivity contribution is 6.30. The molecule has 38 heavy (non-hydrogen) atoms. The van der Waals surface area contributed by atoms with E-state index in [2.05, 4.69) is 26.9 Å². The SMILES string of the molecule is CC(=O)Nc1cccc(C2CCN(CCCn3c(-c4ccc(Cl)cc4)nc4cc(C(N)=O)ccc43)CC2)c1.